The van der Waals surface area contributed by atoms with Gasteiger partial charge in [-0.25, -0.2) is 0 Å². The Morgan fingerprint density at radius 1 is 1.21 bits per heavy atom. The molecule has 3 amide bonds. The summed E-state index contributed by atoms with van der Waals surface area (Å²) >= 11 is 0. The number of fused-ring (bicyclic) bond motifs is 3. The van der Waals surface area contributed by atoms with E-state index in [9.17, 15) is 19.6 Å². The van der Waals surface area contributed by atoms with Crippen LogP contribution in [0.15, 0.2) is 24.3 Å². The van der Waals surface area contributed by atoms with E-state index in [1.165, 1.54) is 0 Å². The number of amides is 3. The molecule has 2 bridgehead atoms. The van der Waals surface area contributed by atoms with Gasteiger partial charge in [0.25, 0.3) is 5.91 Å². The predicted octanol–water partition coefficient (Wildman–Crippen LogP) is 0.575. The highest BCUT2D eigenvalue weighted by atomic mass is 16.2. The topological polar surface area (TPSA) is 114 Å². The second-order valence-corrected chi connectivity index (χ2v) is 10.4. The van der Waals surface area contributed by atoms with E-state index in [1.54, 1.807) is 36.0 Å². The molecule has 1 saturated carbocycles. The smallest absolute Gasteiger partial charge is 0.253 e. The van der Waals surface area contributed by atoms with E-state index in [4.69, 9.17) is 5.73 Å². The van der Waals surface area contributed by atoms with Crippen LogP contribution in [0.2, 0.25) is 0 Å². The lowest BCUT2D eigenvalue weighted by molar-refractivity contribution is -0.141. The molecule has 3 saturated heterocycles. The number of rotatable bonds is 6. The van der Waals surface area contributed by atoms with Crippen LogP contribution in [-0.2, 0) is 9.59 Å². The first kappa shape index (κ1) is 22.8. The molecule has 180 valence electrons. The second kappa shape index (κ2) is 8.36. The number of likely N-dealkylation sites (tertiary alicyclic amines) is 3. The molecule has 9 nitrogen and oxygen atoms in total. The van der Waals surface area contributed by atoms with Crippen molar-refractivity contribution < 1.29 is 14.4 Å². The Hall–Kier alpha value is -2.96. The number of nitrogens with zero attached hydrogens (tertiary/aromatic N) is 5. The molecule has 34 heavy (non-hydrogen) atoms. The van der Waals surface area contributed by atoms with Crippen molar-refractivity contribution in [3.63, 3.8) is 0 Å². The van der Waals surface area contributed by atoms with Gasteiger partial charge >= 0.3 is 0 Å². The van der Waals surface area contributed by atoms with Crippen LogP contribution in [0.5, 0.6) is 0 Å². The summed E-state index contributed by atoms with van der Waals surface area (Å²) in [4.78, 5) is 45.6. The van der Waals surface area contributed by atoms with Gasteiger partial charge in [-0.15, -0.1) is 0 Å². The zero-order valence-electron chi connectivity index (χ0n) is 19.9. The molecule has 1 unspecified atom stereocenters. The first-order valence-corrected chi connectivity index (χ1v) is 12.1. The monoisotopic (exact) mass is 464 g/mol. The fourth-order valence-electron chi connectivity index (χ4n) is 6.13. The van der Waals surface area contributed by atoms with Gasteiger partial charge in [-0.1, -0.05) is 12.1 Å². The number of piperazine rings is 1. The van der Waals surface area contributed by atoms with Gasteiger partial charge in [-0.3, -0.25) is 19.3 Å². The number of carbonyl (C=O) groups is 3. The van der Waals surface area contributed by atoms with Crippen LogP contribution in [0.4, 0.5) is 0 Å². The minimum absolute atomic E-state index is 0.0516. The Balaban J connectivity index is 1.21. The molecule has 0 aromatic heterocycles. The van der Waals surface area contributed by atoms with Crippen LogP contribution in [0, 0.1) is 17.2 Å². The van der Waals surface area contributed by atoms with Crippen LogP contribution in [0.1, 0.15) is 48.1 Å². The van der Waals surface area contributed by atoms with E-state index in [1.807, 2.05) is 28.9 Å². The van der Waals surface area contributed by atoms with Crippen LogP contribution in [0.3, 0.4) is 0 Å². The van der Waals surface area contributed by atoms with Crippen LogP contribution < -0.4 is 5.73 Å². The zero-order chi connectivity index (χ0) is 24.3. The molecule has 2 N–H and O–H groups in total. The molecular formula is C25H32N6O3. The minimum atomic E-state index is -0.727. The van der Waals surface area contributed by atoms with Gasteiger partial charge in [0, 0.05) is 44.8 Å². The molecule has 4 aliphatic rings. The second-order valence-electron chi connectivity index (χ2n) is 10.4. The first-order chi connectivity index (χ1) is 16.2. The van der Waals surface area contributed by atoms with Crippen molar-refractivity contribution in [3.8, 4) is 6.07 Å². The van der Waals surface area contributed by atoms with Crippen molar-refractivity contribution >= 4 is 17.7 Å². The molecule has 0 spiro atoms. The van der Waals surface area contributed by atoms with E-state index in [0.29, 0.717) is 24.6 Å². The Bertz CT molecular complexity index is 1050. The zero-order valence-corrected chi connectivity index (χ0v) is 19.9. The van der Waals surface area contributed by atoms with Crippen molar-refractivity contribution in [1.29, 1.82) is 5.26 Å². The summed E-state index contributed by atoms with van der Waals surface area (Å²) in [6.45, 7) is 3.04. The average Bonchev–Trinajstić information content (AvgIpc) is 3.15. The highest BCUT2D eigenvalue weighted by Crippen LogP contribution is 2.48. The molecule has 7 atom stereocenters. The van der Waals surface area contributed by atoms with Crippen molar-refractivity contribution in [2.24, 2.45) is 11.7 Å². The number of carbonyl (C=O) groups excluding carboxylic acids is 3. The van der Waals surface area contributed by atoms with Crippen molar-refractivity contribution in [3.05, 3.63) is 35.4 Å². The minimum Gasteiger partial charge on any atom is -0.345 e. The molecule has 1 aromatic carbocycles. The number of benzene rings is 1. The van der Waals surface area contributed by atoms with Crippen LogP contribution in [-0.4, -0.2) is 94.7 Å². The Morgan fingerprint density at radius 3 is 2.53 bits per heavy atom. The summed E-state index contributed by atoms with van der Waals surface area (Å²) in [5, 5.41) is 9.39. The summed E-state index contributed by atoms with van der Waals surface area (Å²) in [5.41, 5.74) is 7.91. The van der Waals surface area contributed by atoms with Gasteiger partial charge in [0.05, 0.1) is 24.2 Å². The summed E-state index contributed by atoms with van der Waals surface area (Å²) in [6, 6.07) is 8.48. The van der Waals surface area contributed by atoms with Crippen molar-refractivity contribution in [2.75, 3.05) is 27.2 Å². The summed E-state index contributed by atoms with van der Waals surface area (Å²) in [7, 11) is 3.44. The van der Waals surface area contributed by atoms with E-state index in [2.05, 4.69) is 6.07 Å². The third kappa shape index (κ3) is 3.65. The average molecular weight is 465 g/mol. The maximum absolute atomic E-state index is 13.3. The summed E-state index contributed by atoms with van der Waals surface area (Å²) < 4.78 is 0. The highest BCUT2D eigenvalue weighted by molar-refractivity contribution is 5.94. The van der Waals surface area contributed by atoms with Gasteiger partial charge in [0.1, 0.15) is 6.04 Å². The molecule has 3 heterocycles. The van der Waals surface area contributed by atoms with Gasteiger partial charge in [-0.05, 0) is 49.8 Å². The summed E-state index contributed by atoms with van der Waals surface area (Å²) in [5.74, 6) is 0.305. The number of hydrogen-bond donors (Lipinski definition) is 1. The lowest BCUT2D eigenvalue weighted by Crippen LogP contribution is -2.57. The van der Waals surface area contributed by atoms with E-state index < -0.39 is 6.04 Å². The third-order valence-corrected chi connectivity index (χ3v) is 8.03. The van der Waals surface area contributed by atoms with Gasteiger partial charge in [0.15, 0.2) is 0 Å². The number of nitrogens with two attached hydrogens (primary N) is 1. The Morgan fingerprint density at radius 2 is 1.91 bits per heavy atom. The van der Waals surface area contributed by atoms with Crippen LogP contribution in [0.25, 0.3) is 0 Å². The SMILES string of the molecule is C[C@H](c1ccc(C(=O)N(C)C)cc1)N1C(=O)[C@@H]2C[C@H]1CN2C[C@H](N)C(=O)N1[C@H](C#N)CC2C[C@@H]21. The molecule has 3 aliphatic heterocycles. The van der Waals surface area contributed by atoms with Gasteiger partial charge in [-0.2, -0.15) is 5.26 Å². The molecule has 1 aromatic rings. The molecule has 1 aliphatic carbocycles. The first-order valence-electron chi connectivity index (χ1n) is 12.1. The highest BCUT2D eigenvalue weighted by Gasteiger charge is 2.56. The molecule has 4 fully saturated rings. The molecule has 0 radical (unpaired) electrons. The fraction of sp³-hybridized carbons (Fsp3) is 0.600. The molecule has 5 rings (SSSR count). The quantitative estimate of drug-likeness (QED) is 0.659. The normalized spacial score (nSPS) is 31.3. The molecule has 9 heteroatoms. The van der Waals surface area contributed by atoms with Gasteiger partial charge in [0.2, 0.25) is 11.8 Å². The van der Waals surface area contributed by atoms with Crippen molar-refractivity contribution in [2.45, 2.75) is 62.4 Å². The summed E-state index contributed by atoms with van der Waals surface area (Å²) in [6.07, 6.45) is 2.46. The van der Waals surface area contributed by atoms with E-state index >= 15 is 0 Å². The standard InChI is InChI=1S/C25H32N6O3/c1-14(15-4-6-16(7-5-15)23(32)28(2)3)30-19-10-22(25(30)34)29(12-19)13-20(27)24(33)31-18(11-26)8-17-9-21(17)31/h4-7,14,17-22H,8-10,12-13,27H2,1-3H3/t14-,17?,18+,19+,20+,21+,22+/m1/s1. The lowest BCUT2D eigenvalue weighted by atomic mass is 10.0. The van der Waals surface area contributed by atoms with E-state index in [-0.39, 0.29) is 47.9 Å². The maximum Gasteiger partial charge on any atom is 0.253 e. The third-order valence-electron chi connectivity index (χ3n) is 8.03. The Labute approximate surface area is 200 Å². The number of nitriles is 1. The Kier molecular flexibility index (Phi) is 5.61. The van der Waals surface area contributed by atoms with Crippen molar-refractivity contribution in [1.82, 2.24) is 19.6 Å². The number of piperidine rings is 1. The predicted molar refractivity (Wildman–Crippen MR) is 124 cm³/mol. The number of hydrogen-bond acceptors (Lipinski definition) is 6. The maximum atomic E-state index is 13.3. The largest absolute Gasteiger partial charge is 0.345 e. The van der Waals surface area contributed by atoms with Gasteiger partial charge < -0.3 is 20.4 Å². The lowest BCUT2D eigenvalue weighted by Gasteiger charge is -2.38. The van der Waals surface area contributed by atoms with E-state index in [0.717, 1.165) is 24.8 Å². The molecular weight excluding hydrogens is 432 g/mol. The van der Waals surface area contributed by atoms with Crippen LogP contribution >= 0.6 is 0 Å². The fourth-order valence-corrected chi connectivity index (χ4v) is 6.13.